The molecule has 0 aliphatic heterocycles. The number of benzene rings is 1. The third kappa shape index (κ3) is 17.4. The van der Waals surface area contributed by atoms with Gasteiger partial charge in [0.15, 0.2) is 14.1 Å². The maximum atomic E-state index is 13.3. The van der Waals surface area contributed by atoms with Crippen molar-refractivity contribution >= 4 is 14.1 Å². The van der Waals surface area contributed by atoms with Crippen molar-refractivity contribution in [2.75, 3.05) is 62.3 Å². The van der Waals surface area contributed by atoms with Crippen LogP contribution in [0.3, 0.4) is 0 Å². The van der Waals surface area contributed by atoms with Crippen LogP contribution >= 0.6 is 0 Å². The van der Waals surface area contributed by atoms with Crippen molar-refractivity contribution in [1.29, 1.82) is 0 Å². The second-order valence-electron chi connectivity index (χ2n) is 15.3. The number of hydrogen-bond donors (Lipinski definition) is 0. The highest BCUT2D eigenvalue weighted by molar-refractivity contribution is 6.74. The van der Waals surface area contributed by atoms with Gasteiger partial charge < -0.3 is 42.3 Å². The number of rotatable bonds is 29. The first-order valence-corrected chi connectivity index (χ1v) is 21.2. The molecule has 0 saturated heterocycles. The minimum atomic E-state index is -1.89. The molecule has 0 aliphatic rings. The highest BCUT2D eigenvalue weighted by Crippen LogP contribution is 2.37. The van der Waals surface area contributed by atoms with E-state index in [2.05, 4.69) is 54.6 Å². The molecule has 292 valence electrons. The van der Waals surface area contributed by atoms with Crippen LogP contribution in [0.4, 0.5) is 0 Å². The first-order chi connectivity index (χ1) is 23.6. The highest BCUT2D eigenvalue weighted by atomic mass is 28.4. The molecule has 0 fully saturated rings. The first-order valence-electron chi connectivity index (χ1n) is 18.3. The van der Waals surface area contributed by atoms with Gasteiger partial charge in [0.25, 0.3) is 0 Å². The van der Waals surface area contributed by atoms with Gasteiger partial charge in [-0.2, -0.15) is 0 Å². The topological polar surface area (TPSA) is 100 Å². The Balaban J connectivity index is 2.70. The largest absolute Gasteiger partial charge is 0.497 e. The van der Waals surface area contributed by atoms with Crippen LogP contribution in [-0.4, -0.2) is 101 Å². The van der Waals surface area contributed by atoms with Gasteiger partial charge in [-0.05, 0) is 79.8 Å². The molecule has 0 radical (unpaired) electrons. The van der Waals surface area contributed by atoms with Gasteiger partial charge >= 0.3 is 0 Å². The Morgan fingerprint density at radius 1 is 0.820 bits per heavy atom. The molecule has 0 bridgehead atoms. The zero-order chi connectivity index (χ0) is 37.7. The number of Topliss-reactive ketones (excluding diaryl/α,β-unsaturated/α-hetero) is 1. The molecular weight excluding hydrogens is 657 g/mol. The Hall–Kier alpha value is -1.41. The van der Waals surface area contributed by atoms with Crippen LogP contribution in [-0.2, 0) is 49.0 Å². The summed E-state index contributed by atoms with van der Waals surface area (Å²) in [6, 6.07) is 7.85. The second-order valence-corrected chi connectivity index (χ2v) is 20.1. The molecule has 1 rings (SSSR count). The van der Waals surface area contributed by atoms with E-state index < -0.39 is 14.4 Å². The van der Waals surface area contributed by atoms with Crippen molar-refractivity contribution in [3.63, 3.8) is 0 Å². The number of ketones is 1. The predicted octanol–water partition coefficient (Wildman–Crippen LogP) is 8.06. The Kier molecular flexibility index (Phi) is 23.1. The Morgan fingerprint density at radius 3 is 2.02 bits per heavy atom. The van der Waals surface area contributed by atoms with E-state index >= 15 is 0 Å². The molecule has 0 unspecified atom stereocenters. The number of carbonyl (C=O) groups is 1. The molecule has 1 aromatic carbocycles. The maximum absolute atomic E-state index is 13.3. The molecule has 0 aromatic heterocycles. The summed E-state index contributed by atoms with van der Waals surface area (Å²) >= 11 is 0. The zero-order valence-corrected chi connectivity index (χ0v) is 34.7. The van der Waals surface area contributed by atoms with E-state index in [1.165, 1.54) is 0 Å². The summed E-state index contributed by atoms with van der Waals surface area (Å²) in [5.41, 5.74) is 1.08. The summed E-state index contributed by atoms with van der Waals surface area (Å²) in [6.07, 6.45) is 3.33. The lowest BCUT2D eigenvalue weighted by Gasteiger charge is -2.38. The second kappa shape index (κ2) is 24.8. The van der Waals surface area contributed by atoms with E-state index in [4.69, 9.17) is 42.3 Å². The minimum absolute atomic E-state index is 0.0322. The van der Waals surface area contributed by atoms with Crippen LogP contribution in [0, 0.1) is 17.8 Å². The molecule has 0 saturated carbocycles. The monoisotopic (exact) mass is 728 g/mol. The summed E-state index contributed by atoms with van der Waals surface area (Å²) < 4.78 is 52.1. The number of hydrogen-bond acceptors (Lipinski definition) is 10. The molecule has 0 heterocycles. The minimum Gasteiger partial charge on any atom is -0.497 e. The molecule has 50 heavy (non-hydrogen) atoms. The van der Waals surface area contributed by atoms with Crippen LogP contribution in [0.1, 0.15) is 85.6 Å². The summed E-state index contributed by atoms with van der Waals surface area (Å²) in [4.78, 5) is 13.3. The molecule has 0 aliphatic carbocycles. The Morgan fingerprint density at radius 2 is 1.46 bits per heavy atom. The lowest BCUT2D eigenvalue weighted by molar-refractivity contribution is -0.156. The van der Waals surface area contributed by atoms with Crippen molar-refractivity contribution in [3.8, 4) is 5.75 Å². The molecule has 0 N–H and O–H groups in total. The van der Waals surface area contributed by atoms with Crippen LogP contribution < -0.4 is 4.74 Å². The average Bonchev–Trinajstić information content (AvgIpc) is 3.08. The van der Waals surface area contributed by atoms with Gasteiger partial charge in [-0.15, -0.1) is 0 Å². The molecular formula is C39H72O10Si. The van der Waals surface area contributed by atoms with Gasteiger partial charge in [-0.25, -0.2) is 0 Å². The van der Waals surface area contributed by atoms with Crippen molar-refractivity contribution in [3.05, 3.63) is 29.8 Å². The fourth-order valence-electron chi connectivity index (χ4n) is 5.86. The maximum Gasteiger partial charge on any atom is 0.191 e. The normalized spacial score (nSPS) is 16.7. The molecule has 1 aromatic rings. The molecule has 11 heteroatoms. The fourth-order valence-corrected chi connectivity index (χ4v) is 6.92. The SMILES string of the molecule is COCO[C@@H]([C@H](C)[C@@H](CCO[Si](C)(C)C(C)(C)C)OCOC)[C@H](C)CC[C@H](OC)C(=O)CC[C@@H](C)C[C@H](COCc1ccc(OC)cc1)OC. The Bertz CT molecular complexity index is 1020. The van der Waals surface area contributed by atoms with Crippen molar-refractivity contribution in [1.82, 2.24) is 0 Å². The Labute approximate surface area is 305 Å². The summed E-state index contributed by atoms with van der Waals surface area (Å²) in [5.74, 6) is 1.40. The number of methoxy groups -OCH3 is 5. The lowest BCUT2D eigenvalue weighted by Crippen LogP contribution is -2.43. The van der Waals surface area contributed by atoms with Crippen LogP contribution in [0.15, 0.2) is 24.3 Å². The van der Waals surface area contributed by atoms with Crippen LogP contribution in [0.25, 0.3) is 0 Å². The summed E-state index contributed by atoms with van der Waals surface area (Å²) in [6.45, 7) is 19.7. The average molecular weight is 729 g/mol. The highest BCUT2D eigenvalue weighted by Gasteiger charge is 2.38. The zero-order valence-electron chi connectivity index (χ0n) is 33.7. The van der Waals surface area contributed by atoms with Gasteiger partial charge in [0.2, 0.25) is 0 Å². The third-order valence-corrected chi connectivity index (χ3v) is 14.8. The fraction of sp³-hybridized carbons (Fsp3) is 0.821. The van der Waals surface area contributed by atoms with Crippen LogP contribution in [0.2, 0.25) is 18.1 Å². The van der Waals surface area contributed by atoms with Gasteiger partial charge in [0, 0.05) is 47.4 Å². The van der Waals surface area contributed by atoms with Gasteiger partial charge in [0.05, 0.1) is 38.6 Å². The van der Waals surface area contributed by atoms with E-state index in [1.54, 1.807) is 35.5 Å². The van der Waals surface area contributed by atoms with E-state index in [9.17, 15) is 4.79 Å². The number of ether oxygens (including phenoxy) is 8. The first kappa shape index (κ1) is 46.6. The van der Waals surface area contributed by atoms with Crippen molar-refractivity contribution in [2.24, 2.45) is 17.8 Å². The van der Waals surface area contributed by atoms with E-state index in [1.807, 2.05) is 24.3 Å². The number of carbonyl (C=O) groups excluding carboxylic acids is 1. The standard InChI is InChI=1S/C39H72O10Si/c1-29(24-34(44-10)26-46-25-32-16-18-33(43-9)19-17-32)14-20-35(40)37(45-11)21-15-30(2)38(48-28-42-8)31(3)36(47-27-41-7)22-23-49-50(12,13)39(4,5)6/h16-19,29-31,34,36-38H,14-15,20-28H2,1-13H3/t29-,30-,31-,34-,36-,37+,38-/m1/s1. The van der Waals surface area contributed by atoms with Crippen molar-refractivity contribution < 1.29 is 47.1 Å². The van der Waals surface area contributed by atoms with Gasteiger partial charge in [-0.1, -0.05) is 53.7 Å². The summed E-state index contributed by atoms with van der Waals surface area (Å²) in [7, 11) is 6.35. The quantitative estimate of drug-likeness (QED) is 0.0595. The van der Waals surface area contributed by atoms with Crippen molar-refractivity contribution in [2.45, 2.75) is 129 Å². The molecule has 0 spiro atoms. The van der Waals surface area contributed by atoms with E-state index in [0.29, 0.717) is 38.6 Å². The molecule has 10 nitrogen and oxygen atoms in total. The lowest BCUT2D eigenvalue weighted by atomic mass is 9.84. The summed E-state index contributed by atoms with van der Waals surface area (Å²) in [5, 5.41) is 0.133. The molecule has 7 atom stereocenters. The van der Waals surface area contributed by atoms with E-state index in [0.717, 1.165) is 37.0 Å². The third-order valence-electron chi connectivity index (χ3n) is 10.3. The molecule has 0 amide bonds. The smallest absolute Gasteiger partial charge is 0.191 e. The van der Waals surface area contributed by atoms with Gasteiger partial charge in [0.1, 0.15) is 25.4 Å². The van der Waals surface area contributed by atoms with Gasteiger partial charge in [-0.3, -0.25) is 4.79 Å². The van der Waals surface area contributed by atoms with E-state index in [-0.39, 0.29) is 54.6 Å². The van der Waals surface area contributed by atoms with Crippen LogP contribution in [0.5, 0.6) is 5.75 Å². The predicted molar refractivity (Wildman–Crippen MR) is 201 cm³/mol.